The third-order valence-electron chi connectivity index (χ3n) is 3.76. The molecule has 0 amide bonds. The van der Waals surface area contributed by atoms with Gasteiger partial charge in [0.1, 0.15) is 0 Å². The highest BCUT2D eigenvalue weighted by molar-refractivity contribution is 6.30. The molecule has 1 aromatic carbocycles. The first-order chi connectivity index (χ1) is 10.0. The SMILES string of the molecule is CNC(C)C(c1nc(Cc2ccc(Cl)cc2)no1)C(C)C. The van der Waals surface area contributed by atoms with Crippen LogP contribution >= 0.6 is 11.6 Å². The fourth-order valence-corrected chi connectivity index (χ4v) is 2.64. The molecule has 5 heteroatoms. The predicted molar refractivity (Wildman–Crippen MR) is 84.7 cm³/mol. The highest BCUT2D eigenvalue weighted by Crippen LogP contribution is 2.26. The normalized spacial score (nSPS) is 14.4. The maximum Gasteiger partial charge on any atom is 0.231 e. The predicted octanol–water partition coefficient (Wildman–Crippen LogP) is 3.66. The summed E-state index contributed by atoms with van der Waals surface area (Å²) in [6.45, 7) is 6.47. The topological polar surface area (TPSA) is 51.0 Å². The van der Waals surface area contributed by atoms with Gasteiger partial charge in [-0.25, -0.2) is 0 Å². The quantitative estimate of drug-likeness (QED) is 0.885. The first-order valence-electron chi connectivity index (χ1n) is 7.25. The maximum absolute atomic E-state index is 5.89. The Morgan fingerprint density at radius 1 is 1.19 bits per heavy atom. The van der Waals surface area contributed by atoms with Crippen molar-refractivity contribution in [3.63, 3.8) is 0 Å². The maximum atomic E-state index is 5.89. The Morgan fingerprint density at radius 3 is 2.43 bits per heavy atom. The van der Waals surface area contributed by atoms with Crippen LogP contribution in [-0.4, -0.2) is 23.2 Å². The van der Waals surface area contributed by atoms with Gasteiger partial charge in [-0.05, 0) is 37.6 Å². The van der Waals surface area contributed by atoms with Crippen molar-refractivity contribution in [2.75, 3.05) is 7.05 Å². The van der Waals surface area contributed by atoms with E-state index in [4.69, 9.17) is 16.1 Å². The highest BCUT2D eigenvalue weighted by atomic mass is 35.5. The highest BCUT2D eigenvalue weighted by Gasteiger charge is 2.27. The molecular weight excluding hydrogens is 286 g/mol. The number of hydrogen-bond acceptors (Lipinski definition) is 4. The zero-order chi connectivity index (χ0) is 15.4. The molecule has 0 aliphatic heterocycles. The van der Waals surface area contributed by atoms with Crippen LogP contribution in [0.15, 0.2) is 28.8 Å². The van der Waals surface area contributed by atoms with E-state index < -0.39 is 0 Å². The van der Waals surface area contributed by atoms with Crippen LogP contribution in [0, 0.1) is 5.92 Å². The van der Waals surface area contributed by atoms with Crippen LogP contribution in [0.3, 0.4) is 0 Å². The molecule has 21 heavy (non-hydrogen) atoms. The molecule has 0 fully saturated rings. The van der Waals surface area contributed by atoms with E-state index in [1.807, 2.05) is 31.3 Å². The molecule has 1 N–H and O–H groups in total. The van der Waals surface area contributed by atoms with Crippen molar-refractivity contribution in [2.45, 2.75) is 39.2 Å². The Morgan fingerprint density at radius 2 is 1.86 bits per heavy atom. The summed E-state index contributed by atoms with van der Waals surface area (Å²) >= 11 is 5.89. The smallest absolute Gasteiger partial charge is 0.231 e. The van der Waals surface area contributed by atoms with Crippen LogP contribution in [0.1, 0.15) is 44.0 Å². The Kier molecular flexibility index (Phi) is 5.37. The summed E-state index contributed by atoms with van der Waals surface area (Å²) < 4.78 is 5.48. The third-order valence-corrected chi connectivity index (χ3v) is 4.01. The Labute approximate surface area is 130 Å². The van der Waals surface area contributed by atoms with Crippen molar-refractivity contribution in [1.29, 1.82) is 0 Å². The lowest BCUT2D eigenvalue weighted by molar-refractivity contribution is 0.285. The molecule has 1 heterocycles. The van der Waals surface area contributed by atoms with Gasteiger partial charge in [0.05, 0.1) is 5.92 Å². The summed E-state index contributed by atoms with van der Waals surface area (Å²) in [5.41, 5.74) is 1.12. The zero-order valence-electron chi connectivity index (χ0n) is 12.9. The Hall–Kier alpha value is -1.39. The minimum atomic E-state index is 0.210. The monoisotopic (exact) mass is 307 g/mol. The van der Waals surface area contributed by atoms with Crippen molar-refractivity contribution in [3.05, 3.63) is 46.6 Å². The lowest BCUT2D eigenvalue weighted by atomic mass is 9.89. The van der Waals surface area contributed by atoms with Gasteiger partial charge in [-0.3, -0.25) is 0 Å². The number of halogens is 1. The summed E-state index contributed by atoms with van der Waals surface area (Å²) in [7, 11) is 1.95. The molecule has 0 aliphatic rings. The van der Waals surface area contributed by atoms with Gasteiger partial charge in [0.25, 0.3) is 0 Å². The summed E-state index contributed by atoms with van der Waals surface area (Å²) in [4.78, 5) is 4.57. The molecule has 0 saturated carbocycles. The van der Waals surface area contributed by atoms with E-state index in [0.29, 0.717) is 24.1 Å². The molecule has 0 bridgehead atoms. The molecule has 0 radical (unpaired) electrons. The van der Waals surface area contributed by atoms with Gasteiger partial charge < -0.3 is 9.84 Å². The number of nitrogens with one attached hydrogen (secondary N) is 1. The van der Waals surface area contributed by atoms with Crippen molar-refractivity contribution in [1.82, 2.24) is 15.5 Å². The summed E-state index contributed by atoms with van der Waals surface area (Å²) in [5.74, 6) is 2.05. The number of hydrogen-bond donors (Lipinski definition) is 1. The van der Waals surface area contributed by atoms with Crippen LogP contribution < -0.4 is 5.32 Å². The Balaban J connectivity index is 2.14. The molecule has 2 rings (SSSR count). The van der Waals surface area contributed by atoms with Crippen molar-refractivity contribution in [2.24, 2.45) is 5.92 Å². The van der Waals surface area contributed by atoms with E-state index in [-0.39, 0.29) is 12.0 Å². The third kappa shape index (κ3) is 4.05. The van der Waals surface area contributed by atoms with E-state index in [2.05, 4.69) is 36.2 Å². The molecule has 2 unspecified atom stereocenters. The molecule has 1 aromatic heterocycles. The molecule has 4 nitrogen and oxygen atoms in total. The standard InChI is InChI=1S/C16H22ClN3O/c1-10(2)15(11(3)18-4)16-19-14(20-21-16)9-12-5-7-13(17)8-6-12/h5-8,10-11,15,18H,9H2,1-4H3. The van der Waals surface area contributed by atoms with Gasteiger partial charge in [0.15, 0.2) is 5.82 Å². The second-order valence-electron chi connectivity index (χ2n) is 5.70. The second kappa shape index (κ2) is 7.05. The van der Waals surface area contributed by atoms with Crippen LogP contribution in [0.25, 0.3) is 0 Å². The minimum Gasteiger partial charge on any atom is -0.339 e. The largest absolute Gasteiger partial charge is 0.339 e. The number of nitrogens with zero attached hydrogens (tertiary/aromatic N) is 2. The average Bonchev–Trinajstić information content (AvgIpc) is 2.89. The molecule has 0 spiro atoms. The number of likely N-dealkylation sites (N-methyl/N-ethyl adjacent to an activating group) is 1. The average molecular weight is 308 g/mol. The van der Waals surface area contributed by atoms with Gasteiger partial charge in [-0.15, -0.1) is 0 Å². The molecule has 2 aromatic rings. The summed E-state index contributed by atoms with van der Waals surface area (Å²) in [6.07, 6.45) is 0.652. The number of aromatic nitrogens is 2. The van der Waals surface area contributed by atoms with Crippen LogP contribution in [0.4, 0.5) is 0 Å². The molecule has 2 atom stereocenters. The number of benzene rings is 1. The molecule has 0 saturated heterocycles. The molecule has 0 aliphatic carbocycles. The van der Waals surface area contributed by atoms with Crippen LogP contribution in [0.2, 0.25) is 5.02 Å². The van der Waals surface area contributed by atoms with Crippen molar-refractivity contribution >= 4 is 11.6 Å². The summed E-state index contributed by atoms with van der Waals surface area (Å²) in [6, 6.07) is 7.99. The van der Waals surface area contributed by atoms with Crippen molar-refractivity contribution in [3.8, 4) is 0 Å². The van der Waals surface area contributed by atoms with E-state index in [1.54, 1.807) is 0 Å². The molecule has 114 valence electrons. The van der Waals surface area contributed by atoms with E-state index in [9.17, 15) is 0 Å². The van der Waals surface area contributed by atoms with Crippen LogP contribution in [-0.2, 0) is 6.42 Å². The minimum absolute atomic E-state index is 0.210. The second-order valence-corrected chi connectivity index (χ2v) is 6.14. The van der Waals surface area contributed by atoms with E-state index in [1.165, 1.54) is 0 Å². The fourth-order valence-electron chi connectivity index (χ4n) is 2.52. The first-order valence-corrected chi connectivity index (χ1v) is 7.63. The first kappa shape index (κ1) is 16.0. The van der Waals surface area contributed by atoms with Gasteiger partial charge in [0.2, 0.25) is 5.89 Å². The lowest BCUT2D eigenvalue weighted by Gasteiger charge is -2.23. The van der Waals surface area contributed by atoms with Crippen LogP contribution in [0.5, 0.6) is 0 Å². The van der Waals surface area contributed by atoms with E-state index >= 15 is 0 Å². The van der Waals surface area contributed by atoms with E-state index in [0.717, 1.165) is 10.6 Å². The van der Waals surface area contributed by atoms with Gasteiger partial charge in [0, 0.05) is 17.5 Å². The Bertz CT molecular complexity index is 565. The van der Waals surface area contributed by atoms with Gasteiger partial charge in [-0.1, -0.05) is 42.7 Å². The molecular formula is C16H22ClN3O. The number of rotatable bonds is 6. The van der Waals surface area contributed by atoms with Crippen molar-refractivity contribution < 1.29 is 4.52 Å². The lowest BCUT2D eigenvalue weighted by Crippen LogP contribution is -2.32. The summed E-state index contributed by atoms with van der Waals surface area (Å²) in [5, 5.41) is 8.11. The fraction of sp³-hybridized carbons (Fsp3) is 0.500. The zero-order valence-corrected chi connectivity index (χ0v) is 13.7. The van der Waals surface area contributed by atoms with Gasteiger partial charge >= 0.3 is 0 Å². The van der Waals surface area contributed by atoms with Gasteiger partial charge in [-0.2, -0.15) is 4.98 Å².